The van der Waals surface area contributed by atoms with Crippen LogP contribution >= 0.6 is 0 Å². The lowest BCUT2D eigenvalue weighted by atomic mass is 9.98. The Balaban J connectivity index is 2.70. The Morgan fingerprint density at radius 1 is 1.50 bits per heavy atom. The van der Waals surface area contributed by atoms with Crippen molar-refractivity contribution < 1.29 is 4.79 Å². The van der Waals surface area contributed by atoms with Gasteiger partial charge in [0, 0.05) is 6.04 Å². The standard InChI is InChI=1S/C13H26N2O/c1-6-8-9-10(3)15-11(4)14-13(5,7-2)12(15)16/h10-11,14H,6-9H2,1-5H3. The van der Waals surface area contributed by atoms with Crippen molar-refractivity contribution in [3.63, 3.8) is 0 Å². The van der Waals surface area contributed by atoms with Gasteiger partial charge in [-0.1, -0.05) is 26.7 Å². The van der Waals surface area contributed by atoms with E-state index in [1.807, 2.05) is 11.8 Å². The van der Waals surface area contributed by atoms with E-state index in [-0.39, 0.29) is 17.6 Å². The molecule has 0 saturated carbocycles. The van der Waals surface area contributed by atoms with Crippen molar-refractivity contribution >= 4 is 5.91 Å². The molecule has 0 aromatic carbocycles. The average molecular weight is 226 g/mol. The lowest BCUT2D eigenvalue weighted by molar-refractivity contribution is -0.134. The van der Waals surface area contributed by atoms with Crippen LogP contribution in [-0.4, -0.2) is 28.6 Å². The van der Waals surface area contributed by atoms with Gasteiger partial charge < -0.3 is 4.90 Å². The summed E-state index contributed by atoms with van der Waals surface area (Å²) >= 11 is 0. The second-order valence-corrected chi connectivity index (χ2v) is 5.21. The molecule has 1 rings (SSSR count). The van der Waals surface area contributed by atoms with Crippen LogP contribution < -0.4 is 5.32 Å². The molecular weight excluding hydrogens is 200 g/mol. The summed E-state index contributed by atoms with van der Waals surface area (Å²) in [6.45, 7) is 10.5. The fourth-order valence-electron chi connectivity index (χ4n) is 2.53. The minimum atomic E-state index is -0.347. The molecule has 0 aromatic heterocycles. The van der Waals surface area contributed by atoms with E-state index in [0.717, 1.165) is 12.8 Å². The first kappa shape index (κ1) is 13.5. The highest BCUT2D eigenvalue weighted by atomic mass is 16.2. The fourth-order valence-corrected chi connectivity index (χ4v) is 2.53. The van der Waals surface area contributed by atoms with Gasteiger partial charge in [-0.2, -0.15) is 0 Å². The molecule has 1 N–H and O–H groups in total. The van der Waals surface area contributed by atoms with E-state index in [2.05, 4.69) is 33.0 Å². The topological polar surface area (TPSA) is 32.3 Å². The van der Waals surface area contributed by atoms with Crippen LogP contribution in [0.2, 0.25) is 0 Å². The highest BCUT2D eigenvalue weighted by molar-refractivity contribution is 5.88. The van der Waals surface area contributed by atoms with Gasteiger partial charge in [0.25, 0.3) is 0 Å². The highest BCUT2D eigenvalue weighted by Gasteiger charge is 2.46. The molecule has 3 heteroatoms. The molecule has 16 heavy (non-hydrogen) atoms. The first-order chi connectivity index (χ1) is 7.46. The summed E-state index contributed by atoms with van der Waals surface area (Å²) in [5.74, 6) is 0.270. The van der Waals surface area contributed by atoms with E-state index >= 15 is 0 Å². The third kappa shape index (κ3) is 2.40. The molecule has 0 spiro atoms. The summed E-state index contributed by atoms with van der Waals surface area (Å²) in [6.07, 6.45) is 4.52. The van der Waals surface area contributed by atoms with E-state index in [4.69, 9.17) is 0 Å². The maximum Gasteiger partial charge on any atom is 0.244 e. The Bertz CT molecular complexity index is 254. The normalized spacial score (nSPS) is 32.2. The molecule has 0 aliphatic carbocycles. The monoisotopic (exact) mass is 226 g/mol. The summed E-state index contributed by atoms with van der Waals surface area (Å²) in [5, 5.41) is 3.41. The van der Waals surface area contributed by atoms with Crippen LogP contribution in [0, 0.1) is 0 Å². The van der Waals surface area contributed by atoms with Crippen molar-refractivity contribution in [1.82, 2.24) is 10.2 Å². The fraction of sp³-hybridized carbons (Fsp3) is 0.923. The number of unbranched alkanes of at least 4 members (excludes halogenated alkanes) is 1. The zero-order valence-electron chi connectivity index (χ0n) is 11.3. The van der Waals surface area contributed by atoms with Crippen LogP contribution in [-0.2, 0) is 4.79 Å². The van der Waals surface area contributed by atoms with Crippen LogP contribution in [0.3, 0.4) is 0 Å². The minimum Gasteiger partial charge on any atom is -0.323 e. The van der Waals surface area contributed by atoms with Gasteiger partial charge >= 0.3 is 0 Å². The number of amides is 1. The number of hydrogen-bond acceptors (Lipinski definition) is 2. The number of carbonyl (C=O) groups excluding carboxylic acids is 1. The zero-order chi connectivity index (χ0) is 12.3. The van der Waals surface area contributed by atoms with Crippen LogP contribution in [0.5, 0.6) is 0 Å². The van der Waals surface area contributed by atoms with Crippen LogP contribution in [0.4, 0.5) is 0 Å². The molecule has 3 unspecified atom stereocenters. The number of hydrogen-bond donors (Lipinski definition) is 1. The van der Waals surface area contributed by atoms with Gasteiger partial charge in [0.1, 0.15) is 0 Å². The Kier molecular flexibility index (Phi) is 4.36. The average Bonchev–Trinajstić information content (AvgIpc) is 2.47. The number of carbonyl (C=O) groups is 1. The smallest absolute Gasteiger partial charge is 0.244 e. The largest absolute Gasteiger partial charge is 0.323 e. The predicted molar refractivity (Wildman–Crippen MR) is 67.1 cm³/mol. The molecule has 0 aromatic rings. The van der Waals surface area contributed by atoms with Gasteiger partial charge in [-0.25, -0.2) is 0 Å². The molecule has 1 aliphatic rings. The van der Waals surface area contributed by atoms with Crippen molar-refractivity contribution in [2.45, 2.75) is 78.0 Å². The summed E-state index contributed by atoms with van der Waals surface area (Å²) in [5.41, 5.74) is -0.347. The number of nitrogens with one attached hydrogen (secondary N) is 1. The van der Waals surface area contributed by atoms with E-state index in [1.165, 1.54) is 12.8 Å². The molecular formula is C13H26N2O. The molecule has 1 fully saturated rings. The zero-order valence-corrected chi connectivity index (χ0v) is 11.3. The summed E-state index contributed by atoms with van der Waals surface area (Å²) in [7, 11) is 0. The van der Waals surface area contributed by atoms with Crippen molar-refractivity contribution in [1.29, 1.82) is 0 Å². The van der Waals surface area contributed by atoms with Crippen molar-refractivity contribution in [2.24, 2.45) is 0 Å². The Morgan fingerprint density at radius 3 is 2.56 bits per heavy atom. The molecule has 94 valence electrons. The maximum atomic E-state index is 12.3. The molecule has 0 bridgehead atoms. The van der Waals surface area contributed by atoms with Gasteiger partial charge in [-0.15, -0.1) is 0 Å². The quantitative estimate of drug-likeness (QED) is 0.781. The second-order valence-electron chi connectivity index (χ2n) is 5.21. The van der Waals surface area contributed by atoms with Gasteiger partial charge in [0.2, 0.25) is 5.91 Å². The summed E-state index contributed by atoms with van der Waals surface area (Å²) in [4.78, 5) is 14.4. The van der Waals surface area contributed by atoms with E-state index in [1.54, 1.807) is 0 Å². The summed E-state index contributed by atoms with van der Waals surface area (Å²) < 4.78 is 0. The van der Waals surface area contributed by atoms with E-state index in [0.29, 0.717) is 6.04 Å². The SMILES string of the molecule is CCCCC(C)N1C(=O)C(C)(CC)NC1C. The first-order valence-electron chi connectivity index (χ1n) is 6.56. The molecule has 1 aliphatic heterocycles. The van der Waals surface area contributed by atoms with Crippen LogP contribution in [0.25, 0.3) is 0 Å². The number of rotatable bonds is 5. The van der Waals surface area contributed by atoms with Crippen molar-refractivity contribution in [3.8, 4) is 0 Å². The third-order valence-electron chi connectivity index (χ3n) is 3.81. The lowest BCUT2D eigenvalue weighted by Crippen LogP contribution is -2.44. The van der Waals surface area contributed by atoms with Crippen molar-refractivity contribution in [3.05, 3.63) is 0 Å². The van der Waals surface area contributed by atoms with Gasteiger partial charge in [0.15, 0.2) is 0 Å². The molecule has 1 amide bonds. The van der Waals surface area contributed by atoms with E-state index in [9.17, 15) is 4.79 Å². The molecule has 1 heterocycles. The second kappa shape index (κ2) is 5.17. The predicted octanol–water partition coefficient (Wildman–Crippen LogP) is 2.51. The van der Waals surface area contributed by atoms with Crippen molar-refractivity contribution in [2.75, 3.05) is 0 Å². The first-order valence-corrected chi connectivity index (χ1v) is 6.56. The Morgan fingerprint density at radius 2 is 2.12 bits per heavy atom. The van der Waals surface area contributed by atoms with E-state index < -0.39 is 0 Å². The number of nitrogens with zero attached hydrogens (tertiary/aromatic N) is 1. The molecule has 1 saturated heterocycles. The maximum absolute atomic E-state index is 12.3. The van der Waals surface area contributed by atoms with Crippen LogP contribution in [0.15, 0.2) is 0 Å². The third-order valence-corrected chi connectivity index (χ3v) is 3.81. The minimum absolute atomic E-state index is 0.171. The van der Waals surface area contributed by atoms with Gasteiger partial charge in [-0.3, -0.25) is 10.1 Å². The molecule has 3 atom stereocenters. The Labute approximate surface area is 99.6 Å². The molecule has 0 radical (unpaired) electrons. The summed E-state index contributed by atoms with van der Waals surface area (Å²) in [6, 6.07) is 0.350. The Hall–Kier alpha value is -0.570. The van der Waals surface area contributed by atoms with Crippen LogP contribution in [0.1, 0.15) is 60.3 Å². The van der Waals surface area contributed by atoms with Gasteiger partial charge in [-0.05, 0) is 33.6 Å². The highest BCUT2D eigenvalue weighted by Crippen LogP contribution is 2.26. The lowest BCUT2D eigenvalue weighted by Gasteiger charge is -2.28. The molecule has 3 nitrogen and oxygen atoms in total. The van der Waals surface area contributed by atoms with Gasteiger partial charge in [0.05, 0.1) is 11.7 Å².